The molecule has 0 unspecified atom stereocenters. The Morgan fingerprint density at radius 3 is 2.25 bits per heavy atom. The number of hydrogen-bond donors (Lipinski definition) is 6. The lowest BCUT2D eigenvalue weighted by Crippen LogP contribution is -2.50. The number of aliphatic hydroxyl groups is 2. The number of unbranched alkanes of at least 4 members (excludes halogenated alkanes) is 1. The van der Waals surface area contributed by atoms with Crippen LogP contribution in [0.5, 0.6) is 17.2 Å². The van der Waals surface area contributed by atoms with Gasteiger partial charge in [-0.1, -0.05) is 73.1 Å². The molecule has 17 heteroatoms. The minimum atomic E-state index is -1.98. The van der Waals surface area contributed by atoms with Gasteiger partial charge in [0.2, 0.25) is 0 Å². The lowest BCUT2D eigenvalue weighted by Gasteiger charge is -2.38. The molecule has 6 N–H and O–H groups in total. The van der Waals surface area contributed by atoms with Gasteiger partial charge in [-0.2, -0.15) is 0 Å². The average molecular weight is 987 g/mol. The van der Waals surface area contributed by atoms with E-state index in [-0.39, 0.29) is 61.4 Å². The van der Waals surface area contributed by atoms with Gasteiger partial charge in [-0.25, -0.2) is 4.79 Å². The van der Waals surface area contributed by atoms with E-state index in [0.717, 1.165) is 51.9 Å². The maximum Gasteiger partial charge on any atom is 0.407 e. The number of fused-ring (bicyclic) bond motifs is 13. The first kappa shape index (κ1) is 53.7. The largest absolute Gasteiger partial charge is 0.507 e. The Morgan fingerprint density at radius 2 is 1.61 bits per heavy atom. The van der Waals surface area contributed by atoms with Crippen LogP contribution in [0.3, 0.4) is 0 Å². The summed E-state index contributed by atoms with van der Waals surface area (Å²) in [4.78, 5) is 57.9. The second kappa shape index (κ2) is 22.0. The molecular weight excluding hydrogens is 909 g/mol. The number of likely N-dealkylation sites (tertiary alicyclic amines) is 2. The minimum absolute atomic E-state index is 0.0375. The number of nitrogens with one attached hydrogen (secondary N) is 2. The Kier molecular flexibility index (Phi) is 16.6. The van der Waals surface area contributed by atoms with Crippen molar-refractivity contribution >= 4 is 34.2 Å². The standard InChI is InChI=1S/C54H78N6O11/c1-12-13-22-59-23-17-36(18-24-59)55-52(67)70-48-32(6)37(68-11)19-27-69-53(10)50(65)40-38-39(46(63)35(9)49(40)71-53)47(64)43(42-41(38)57-54(58-42)20-25-60(26-21-54)28-29(2)3)56-51(66)31(5)16-14-15-30(4)44(61)33(7)45(62)34(48)8/h14-16,19,27,29-30,32-34,36-37,44-45,48,61-64H,12-13,17-18,20-26,28H2,1-11H3,(H,55,67)(H,56,66)/b15-14+,27-19+,31-16-/t30-,32+,33+,34+,37-,44-,45+,48+,53-/m0/s1. The molecule has 0 saturated carbocycles. The van der Waals surface area contributed by atoms with Crippen LogP contribution >= 0.6 is 0 Å². The normalized spacial score (nSPS) is 31.5. The number of piperidine rings is 2. The highest BCUT2D eigenvalue weighted by Gasteiger charge is 2.50. The summed E-state index contributed by atoms with van der Waals surface area (Å²) in [5, 5.41) is 54.2. The van der Waals surface area contributed by atoms with Gasteiger partial charge in [-0.15, -0.1) is 0 Å². The fraction of sp³-hybridized carbons (Fsp3) is 0.648. The van der Waals surface area contributed by atoms with Crippen molar-refractivity contribution in [2.75, 3.05) is 51.7 Å². The van der Waals surface area contributed by atoms with Gasteiger partial charge in [-0.3, -0.25) is 19.6 Å². The van der Waals surface area contributed by atoms with Gasteiger partial charge in [0.25, 0.3) is 11.7 Å². The molecule has 6 heterocycles. The van der Waals surface area contributed by atoms with Crippen LogP contribution in [0.1, 0.15) is 117 Å². The summed E-state index contributed by atoms with van der Waals surface area (Å²) >= 11 is 0. The molecular formula is C54H78N6O11. The van der Waals surface area contributed by atoms with Gasteiger partial charge in [-0.05, 0) is 51.6 Å². The predicted octanol–water partition coefficient (Wildman–Crippen LogP) is 6.18. The number of phenols is 2. The molecule has 2 aromatic rings. The fourth-order valence-electron chi connectivity index (χ4n) is 11.0. The number of carbonyl (C=O) groups is 3. The topological polar surface area (TPSA) is 224 Å². The van der Waals surface area contributed by atoms with Crippen molar-refractivity contribution in [2.45, 2.75) is 150 Å². The third-order valence-electron chi connectivity index (χ3n) is 15.6. The second-order valence-corrected chi connectivity index (χ2v) is 21.4. The highest BCUT2D eigenvalue weighted by atomic mass is 16.7. The number of Topliss-reactive ketones (excluding diaryl/α,β-unsaturated/α-hetero) is 1. The Hall–Kier alpha value is -5.07. The smallest absolute Gasteiger partial charge is 0.407 e. The third kappa shape index (κ3) is 11.0. The molecule has 9 atom stereocenters. The Bertz CT molecular complexity index is 2550. The van der Waals surface area contributed by atoms with E-state index in [2.05, 4.69) is 41.2 Å². The summed E-state index contributed by atoms with van der Waals surface area (Å²) in [5.41, 5.74) is -0.578. The molecule has 0 radical (unpaired) electrons. The number of nitrogens with zero attached hydrogens (tertiary/aromatic N) is 4. The van der Waals surface area contributed by atoms with Gasteiger partial charge in [0.1, 0.15) is 28.6 Å². The molecule has 2 amide bonds. The number of rotatable bonds is 8. The first-order valence-corrected chi connectivity index (χ1v) is 25.7. The van der Waals surface area contributed by atoms with Crippen molar-refractivity contribution in [3.8, 4) is 17.2 Å². The predicted molar refractivity (Wildman–Crippen MR) is 270 cm³/mol. The number of methoxy groups -OCH3 is 1. The van der Waals surface area contributed by atoms with Crippen LogP contribution in [0.15, 0.2) is 46.1 Å². The number of anilines is 1. The molecule has 0 aromatic heterocycles. The number of hydrogen-bond acceptors (Lipinski definition) is 15. The van der Waals surface area contributed by atoms with Crippen molar-refractivity contribution < 1.29 is 53.8 Å². The van der Waals surface area contributed by atoms with E-state index in [9.17, 15) is 34.8 Å². The Morgan fingerprint density at radius 1 is 0.930 bits per heavy atom. The zero-order valence-corrected chi connectivity index (χ0v) is 43.6. The number of aliphatic hydroxyl groups excluding tert-OH is 2. The minimum Gasteiger partial charge on any atom is -0.507 e. The molecule has 6 aliphatic rings. The second-order valence-electron chi connectivity index (χ2n) is 21.4. The lowest BCUT2D eigenvalue weighted by atomic mass is 9.78. The number of ketones is 1. The Balaban J connectivity index is 1.29. The monoisotopic (exact) mass is 987 g/mol. The summed E-state index contributed by atoms with van der Waals surface area (Å²) in [6, 6.07) is -0.0882. The molecule has 2 fully saturated rings. The quantitative estimate of drug-likeness (QED) is 0.163. The number of alkyl carbamates (subject to hydrolysis) is 1. The van der Waals surface area contributed by atoms with E-state index in [0.29, 0.717) is 31.8 Å². The molecule has 17 nitrogen and oxygen atoms in total. The number of benzene rings is 2. The number of allylic oxidation sites excluding steroid dienone is 2. The van der Waals surface area contributed by atoms with Gasteiger partial charge < -0.3 is 59.8 Å². The summed E-state index contributed by atoms with van der Waals surface area (Å²) in [6.07, 6.45) is 8.13. The first-order valence-electron chi connectivity index (χ1n) is 25.7. The van der Waals surface area contributed by atoms with Crippen LogP contribution in [0.2, 0.25) is 0 Å². The third-order valence-corrected chi connectivity index (χ3v) is 15.6. The molecule has 1 spiro atoms. The van der Waals surface area contributed by atoms with Crippen molar-refractivity contribution in [1.29, 1.82) is 0 Å². The van der Waals surface area contributed by atoms with E-state index in [1.807, 2.05) is 6.92 Å². The molecule has 8 rings (SSSR count). The summed E-state index contributed by atoms with van der Waals surface area (Å²) < 4.78 is 24.8. The maximum atomic E-state index is 14.9. The zero-order chi connectivity index (χ0) is 51.7. The number of phenolic OH excluding ortho intramolecular Hbond substituents is 2. The summed E-state index contributed by atoms with van der Waals surface area (Å²) in [7, 11) is 1.49. The van der Waals surface area contributed by atoms with Crippen molar-refractivity contribution in [3.63, 3.8) is 0 Å². The number of aromatic hydroxyl groups is 2. The van der Waals surface area contributed by atoms with Crippen molar-refractivity contribution in [1.82, 2.24) is 15.1 Å². The molecule has 0 aliphatic carbocycles. The number of ether oxygens (including phenoxy) is 4. The van der Waals surface area contributed by atoms with Crippen molar-refractivity contribution in [2.24, 2.45) is 39.6 Å². The fourth-order valence-corrected chi connectivity index (χ4v) is 11.0. The van der Waals surface area contributed by atoms with Crippen LogP contribution in [0, 0.1) is 36.5 Å². The molecule has 71 heavy (non-hydrogen) atoms. The van der Waals surface area contributed by atoms with E-state index in [1.165, 1.54) is 20.3 Å². The van der Waals surface area contributed by atoms with E-state index < -0.39 is 83.1 Å². The van der Waals surface area contributed by atoms with Crippen LogP contribution < -0.4 is 26.1 Å². The van der Waals surface area contributed by atoms with Gasteiger partial charge in [0.15, 0.2) is 11.4 Å². The summed E-state index contributed by atoms with van der Waals surface area (Å²) in [6.45, 7) is 23.3. The molecule has 2 aromatic carbocycles. The number of carbonyl (C=O) groups excluding carboxylic acids is 3. The van der Waals surface area contributed by atoms with E-state index in [1.54, 1.807) is 58.9 Å². The van der Waals surface area contributed by atoms with Gasteiger partial charge in [0.05, 0.1) is 40.9 Å². The molecule has 5 bridgehead atoms. The van der Waals surface area contributed by atoms with E-state index >= 15 is 0 Å². The SMILES string of the molecule is CCCCN1CCC(NC(=O)O[C@H]2[C@H](C)[C@H](O)[C@H](C)[C@@H](O)[C@@H](C)/C=C/C=C(/C)C(=O)Nc3c(O)c4c(O)c(C)c5c(c4c4c3=NC3(CCN(CC(C)C)CC3)N=4)C(=O)[C@@](C)(O/C=C/[C@H](OC)[C@H]2C)O5)CC1. The highest BCUT2D eigenvalue weighted by molar-refractivity contribution is 6.19. The van der Waals surface area contributed by atoms with Crippen LogP contribution in [-0.4, -0.2) is 136 Å². The molecule has 2 saturated heterocycles. The van der Waals surface area contributed by atoms with Crippen LogP contribution in [0.4, 0.5) is 10.5 Å². The van der Waals surface area contributed by atoms with Gasteiger partial charge in [0, 0.05) is 106 Å². The first-order chi connectivity index (χ1) is 33.6. The maximum absolute atomic E-state index is 14.9. The highest BCUT2D eigenvalue weighted by Crippen LogP contribution is 2.50. The summed E-state index contributed by atoms with van der Waals surface area (Å²) in [5.74, 6) is -6.04. The number of amides is 2. The van der Waals surface area contributed by atoms with Crippen molar-refractivity contribution in [3.05, 3.63) is 58.0 Å². The van der Waals surface area contributed by atoms with Crippen LogP contribution in [0.25, 0.3) is 10.8 Å². The van der Waals surface area contributed by atoms with Crippen LogP contribution in [-0.2, 0) is 19.0 Å². The molecule has 390 valence electrons. The molecule has 6 aliphatic heterocycles. The average Bonchev–Trinajstić information content (AvgIpc) is 3.84. The Labute approximate surface area is 418 Å². The van der Waals surface area contributed by atoms with Gasteiger partial charge >= 0.3 is 11.9 Å². The van der Waals surface area contributed by atoms with E-state index in [4.69, 9.17) is 28.9 Å². The lowest BCUT2D eigenvalue weighted by molar-refractivity contribution is -0.112. The zero-order valence-electron chi connectivity index (χ0n) is 43.6.